The van der Waals surface area contributed by atoms with Gasteiger partial charge in [0.25, 0.3) is 0 Å². The van der Waals surface area contributed by atoms with Crippen molar-refractivity contribution in [1.82, 2.24) is 14.8 Å². The summed E-state index contributed by atoms with van der Waals surface area (Å²) in [5.41, 5.74) is 0.658. The third-order valence-electron chi connectivity index (χ3n) is 3.64. The summed E-state index contributed by atoms with van der Waals surface area (Å²) >= 11 is 3.00. The molecule has 0 aliphatic carbocycles. The molecule has 6 nitrogen and oxygen atoms in total. The lowest BCUT2D eigenvalue weighted by atomic mass is 10.3. The Bertz CT molecular complexity index is 875. The second-order valence-corrected chi connectivity index (χ2v) is 7.67. The van der Waals surface area contributed by atoms with Crippen molar-refractivity contribution in [2.75, 3.05) is 18.2 Å². The number of carbonyl (C=O) groups is 1. The zero-order valence-electron chi connectivity index (χ0n) is 14.8. The van der Waals surface area contributed by atoms with Crippen LogP contribution in [0.2, 0.25) is 0 Å². The number of methoxy groups -OCH3 is 1. The van der Waals surface area contributed by atoms with Crippen molar-refractivity contribution in [3.63, 3.8) is 0 Å². The summed E-state index contributed by atoms with van der Waals surface area (Å²) < 4.78 is 7.32. The molecule has 2 heterocycles. The standard InChI is InChI=1S/C18H20N4O2S2/c1-12(2)22-17(15-9-6-10-25-15)20-21-18(22)26-11-16(23)19-13-7-4-5-8-14(13)24-3/h4-10,12H,11H2,1-3H3,(H,19,23). The number of rotatable bonds is 7. The normalized spacial score (nSPS) is 10.9. The summed E-state index contributed by atoms with van der Waals surface area (Å²) in [6.07, 6.45) is 0. The fourth-order valence-electron chi connectivity index (χ4n) is 2.48. The van der Waals surface area contributed by atoms with Crippen molar-refractivity contribution in [2.45, 2.75) is 25.0 Å². The maximum atomic E-state index is 12.3. The Morgan fingerprint density at radius 2 is 2.08 bits per heavy atom. The second-order valence-electron chi connectivity index (χ2n) is 5.78. The van der Waals surface area contributed by atoms with E-state index in [2.05, 4.69) is 33.9 Å². The minimum Gasteiger partial charge on any atom is -0.495 e. The number of hydrogen-bond acceptors (Lipinski definition) is 6. The fourth-order valence-corrected chi connectivity index (χ4v) is 4.05. The number of ether oxygens (including phenoxy) is 1. The molecule has 26 heavy (non-hydrogen) atoms. The lowest BCUT2D eigenvalue weighted by Gasteiger charge is -2.13. The first-order valence-electron chi connectivity index (χ1n) is 8.14. The molecule has 2 aromatic heterocycles. The Hall–Kier alpha value is -2.32. The summed E-state index contributed by atoms with van der Waals surface area (Å²) in [5, 5.41) is 14.2. The number of amides is 1. The van der Waals surface area contributed by atoms with E-state index in [1.54, 1.807) is 18.4 Å². The lowest BCUT2D eigenvalue weighted by molar-refractivity contribution is -0.113. The summed E-state index contributed by atoms with van der Waals surface area (Å²) in [6.45, 7) is 4.17. The van der Waals surface area contributed by atoms with Gasteiger partial charge in [0.15, 0.2) is 11.0 Å². The van der Waals surface area contributed by atoms with E-state index in [0.717, 1.165) is 15.9 Å². The van der Waals surface area contributed by atoms with Gasteiger partial charge in [0, 0.05) is 6.04 Å². The van der Waals surface area contributed by atoms with Crippen LogP contribution in [0.5, 0.6) is 5.75 Å². The highest BCUT2D eigenvalue weighted by Crippen LogP contribution is 2.30. The van der Waals surface area contributed by atoms with Crippen LogP contribution in [0.4, 0.5) is 5.69 Å². The lowest BCUT2D eigenvalue weighted by Crippen LogP contribution is -2.15. The van der Waals surface area contributed by atoms with Crippen LogP contribution < -0.4 is 10.1 Å². The third-order valence-corrected chi connectivity index (χ3v) is 5.44. The molecule has 3 rings (SSSR count). The molecule has 0 atom stereocenters. The van der Waals surface area contributed by atoms with Crippen LogP contribution >= 0.6 is 23.1 Å². The average Bonchev–Trinajstić information content (AvgIpc) is 3.29. The summed E-state index contributed by atoms with van der Waals surface area (Å²) in [4.78, 5) is 13.4. The van der Waals surface area contributed by atoms with Gasteiger partial charge in [-0.15, -0.1) is 21.5 Å². The van der Waals surface area contributed by atoms with Crippen LogP contribution in [-0.4, -0.2) is 33.5 Å². The predicted octanol–water partition coefficient (Wildman–Crippen LogP) is 4.33. The topological polar surface area (TPSA) is 69.0 Å². The molecule has 0 aliphatic heterocycles. The number of hydrogen-bond donors (Lipinski definition) is 1. The largest absolute Gasteiger partial charge is 0.495 e. The van der Waals surface area contributed by atoms with Gasteiger partial charge in [-0.2, -0.15) is 0 Å². The average molecular weight is 389 g/mol. The fraction of sp³-hybridized carbons (Fsp3) is 0.278. The van der Waals surface area contributed by atoms with Crippen molar-refractivity contribution in [1.29, 1.82) is 0 Å². The number of aromatic nitrogens is 3. The van der Waals surface area contributed by atoms with Crippen LogP contribution in [0.3, 0.4) is 0 Å². The SMILES string of the molecule is COc1ccccc1NC(=O)CSc1nnc(-c2cccs2)n1C(C)C. The highest BCUT2D eigenvalue weighted by molar-refractivity contribution is 7.99. The van der Waals surface area contributed by atoms with E-state index in [-0.39, 0.29) is 17.7 Å². The van der Waals surface area contributed by atoms with Gasteiger partial charge in [0.05, 0.1) is 23.4 Å². The number of para-hydroxylation sites is 2. The van der Waals surface area contributed by atoms with Crippen LogP contribution in [0.25, 0.3) is 10.7 Å². The van der Waals surface area contributed by atoms with Gasteiger partial charge in [0.2, 0.25) is 5.91 Å². The maximum absolute atomic E-state index is 12.3. The highest BCUT2D eigenvalue weighted by atomic mass is 32.2. The third kappa shape index (κ3) is 4.08. The zero-order valence-corrected chi connectivity index (χ0v) is 16.4. The highest BCUT2D eigenvalue weighted by Gasteiger charge is 2.18. The molecule has 1 aromatic carbocycles. The second kappa shape index (κ2) is 8.37. The predicted molar refractivity (Wildman–Crippen MR) is 106 cm³/mol. The smallest absolute Gasteiger partial charge is 0.234 e. The first kappa shape index (κ1) is 18.5. The summed E-state index contributed by atoms with van der Waals surface area (Å²) in [5.74, 6) is 1.60. The summed E-state index contributed by atoms with van der Waals surface area (Å²) in [6, 6.07) is 11.6. The van der Waals surface area contributed by atoms with Crippen LogP contribution in [-0.2, 0) is 4.79 Å². The number of nitrogens with one attached hydrogen (secondary N) is 1. The molecular formula is C18H20N4O2S2. The molecule has 0 aliphatic rings. The van der Waals surface area contributed by atoms with Crippen LogP contribution in [0.1, 0.15) is 19.9 Å². The quantitative estimate of drug-likeness (QED) is 0.610. The van der Waals surface area contributed by atoms with Crippen LogP contribution in [0, 0.1) is 0 Å². The molecule has 136 valence electrons. The maximum Gasteiger partial charge on any atom is 0.234 e. The van der Waals surface area contributed by atoms with E-state index < -0.39 is 0 Å². The van der Waals surface area contributed by atoms with Crippen molar-refractivity contribution in [3.8, 4) is 16.5 Å². The van der Waals surface area contributed by atoms with Crippen molar-refractivity contribution in [2.24, 2.45) is 0 Å². The summed E-state index contributed by atoms with van der Waals surface area (Å²) in [7, 11) is 1.58. The van der Waals surface area contributed by atoms with Crippen molar-refractivity contribution < 1.29 is 9.53 Å². The number of thioether (sulfide) groups is 1. The minimum atomic E-state index is -0.115. The van der Waals surface area contributed by atoms with E-state index in [1.165, 1.54) is 11.8 Å². The molecule has 3 aromatic rings. The van der Waals surface area contributed by atoms with Crippen LogP contribution in [0.15, 0.2) is 46.9 Å². The zero-order chi connectivity index (χ0) is 18.5. The molecule has 0 spiro atoms. The number of benzene rings is 1. The number of anilines is 1. The van der Waals surface area contributed by atoms with Gasteiger partial charge in [0.1, 0.15) is 5.75 Å². The molecule has 0 radical (unpaired) electrons. The molecule has 0 unspecified atom stereocenters. The Labute approximate surface area is 160 Å². The number of nitrogens with zero attached hydrogens (tertiary/aromatic N) is 3. The molecule has 0 fully saturated rings. The molecule has 1 amide bonds. The van der Waals surface area contributed by atoms with E-state index in [4.69, 9.17) is 4.74 Å². The van der Waals surface area contributed by atoms with Gasteiger partial charge in [-0.3, -0.25) is 9.36 Å². The molecule has 0 saturated heterocycles. The van der Waals surface area contributed by atoms with E-state index in [9.17, 15) is 4.79 Å². The van der Waals surface area contributed by atoms with Gasteiger partial charge < -0.3 is 10.1 Å². The molecule has 0 bridgehead atoms. The first-order chi connectivity index (χ1) is 12.6. The van der Waals surface area contributed by atoms with Gasteiger partial charge in [-0.1, -0.05) is 30.0 Å². The van der Waals surface area contributed by atoms with E-state index in [0.29, 0.717) is 11.4 Å². The number of thiophene rings is 1. The molecule has 8 heteroatoms. The molecule has 0 saturated carbocycles. The first-order valence-corrected chi connectivity index (χ1v) is 10.0. The van der Waals surface area contributed by atoms with Gasteiger partial charge in [-0.25, -0.2) is 0 Å². The van der Waals surface area contributed by atoms with Crippen molar-refractivity contribution in [3.05, 3.63) is 41.8 Å². The minimum absolute atomic E-state index is 0.115. The number of carbonyl (C=O) groups excluding carboxylic acids is 1. The van der Waals surface area contributed by atoms with E-state index >= 15 is 0 Å². The Kier molecular flexibility index (Phi) is 5.95. The molecule has 1 N–H and O–H groups in total. The molecular weight excluding hydrogens is 368 g/mol. The van der Waals surface area contributed by atoms with Crippen molar-refractivity contribution >= 4 is 34.7 Å². The van der Waals surface area contributed by atoms with E-state index in [1.807, 2.05) is 41.8 Å². The Balaban J connectivity index is 1.71. The Morgan fingerprint density at radius 3 is 2.77 bits per heavy atom. The van der Waals surface area contributed by atoms with Gasteiger partial charge >= 0.3 is 0 Å². The monoisotopic (exact) mass is 388 g/mol. The van der Waals surface area contributed by atoms with Gasteiger partial charge in [-0.05, 0) is 37.4 Å². The Morgan fingerprint density at radius 1 is 1.27 bits per heavy atom.